The Bertz CT molecular complexity index is 398. The molecule has 1 aromatic rings. The first-order valence-corrected chi connectivity index (χ1v) is 6.12. The van der Waals surface area contributed by atoms with Gasteiger partial charge in [-0.05, 0) is 18.2 Å². The second kappa shape index (κ2) is 3.92. The summed E-state index contributed by atoms with van der Waals surface area (Å²) >= 11 is 11.2. The van der Waals surface area contributed by atoms with E-state index in [0.29, 0.717) is 10.0 Å². The lowest BCUT2D eigenvalue weighted by atomic mass is 10.3. The van der Waals surface area contributed by atoms with Crippen molar-refractivity contribution in [3.8, 4) is 0 Å². The zero-order chi connectivity index (χ0) is 10.1. The summed E-state index contributed by atoms with van der Waals surface area (Å²) in [5.74, 6) is 0. The monoisotopic (exact) mass is 259 g/mol. The van der Waals surface area contributed by atoms with Crippen LogP contribution < -0.4 is 4.72 Å². The number of hydrogen-bond acceptors (Lipinski definition) is 2. The van der Waals surface area contributed by atoms with Gasteiger partial charge in [0.1, 0.15) is 0 Å². The molecule has 0 aliphatic heterocycles. The van der Waals surface area contributed by atoms with E-state index >= 15 is 0 Å². The van der Waals surface area contributed by atoms with Gasteiger partial charge in [0.15, 0.2) is 0 Å². The summed E-state index contributed by atoms with van der Waals surface area (Å²) in [5, 5.41) is 0.658. The number of rotatable bonds is 2. The highest BCUT2D eigenvalue weighted by molar-refractivity contribution is 8.14. The summed E-state index contributed by atoms with van der Waals surface area (Å²) in [6.45, 7) is 0. The maximum Gasteiger partial charge on any atom is 0.319 e. The van der Waals surface area contributed by atoms with E-state index in [1.165, 1.54) is 18.2 Å². The standard InChI is InChI=1S/C6H4Cl3NO2S/c7-4-1-5(8)3-6(2-4)10-13(9,11)12/h1-3,10H. The van der Waals surface area contributed by atoms with Crippen molar-refractivity contribution in [1.29, 1.82) is 0 Å². The van der Waals surface area contributed by atoms with Gasteiger partial charge in [0.25, 0.3) is 0 Å². The van der Waals surface area contributed by atoms with E-state index in [9.17, 15) is 8.42 Å². The van der Waals surface area contributed by atoms with E-state index in [-0.39, 0.29) is 5.69 Å². The Kier molecular flexibility index (Phi) is 3.29. The number of hydrogen-bond donors (Lipinski definition) is 1. The summed E-state index contributed by atoms with van der Waals surface area (Å²) in [7, 11) is 1.14. The van der Waals surface area contributed by atoms with Gasteiger partial charge in [-0.3, -0.25) is 4.72 Å². The van der Waals surface area contributed by atoms with Gasteiger partial charge in [0, 0.05) is 20.7 Å². The number of anilines is 1. The van der Waals surface area contributed by atoms with Gasteiger partial charge in [-0.25, -0.2) is 0 Å². The van der Waals surface area contributed by atoms with Crippen LogP contribution in [0.4, 0.5) is 5.69 Å². The normalized spacial score (nSPS) is 11.3. The second-order valence-electron chi connectivity index (χ2n) is 2.20. The van der Waals surface area contributed by atoms with Crippen LogP contribution in [-0.2, 0) is 9.24 Å². The van der Waals surface area contributed by atoms with Crippen LogP contribution in [-0.4, -0.2) is 8.42 Å². The van der Waals surface area contributed by atoms with Crippen LogP contribution in [0.25, 0.3) is 0 Å². The average Bonchev–Trinajstić information content (AvgIpc) is 1.78. The Morgan fingerprint density at radius 3 is 1.92 bits per heavy atom. The lowest BCUT2D eigenvalue weighted by Gasteiger charge is -2.02. The van der Waals surface area contributed by atoms with Gasteiger partial charge in [0.2, 0.25) is 0 Å². The van der Waals surface area contributed by atoms with Gasteiger partial charge < -0.3 is 0 Å². The zero-order valence-electron chi connectivity index (χ0n) is 6.09. The molecule has 0 aliphatic rings. The van der Waals surface area contributed by atoms with Gasteiger partial charge in [-0.2, -0.15) is 8.42 Å². The fourth-order valence-corrected chi connectivity index (χ4v) is 1.95. The van der Waals surface area contributed by atoms with Crippen LogP contribution in [0.1, 0.15) is 0 Å². The lowest BCUT2D eigenvalue weighted by molar-refractivity contribution is 0.614. The van der Waals surface area contributed by atoms with Crippen LogP contribution in [0.15, 0.2) is 18.2 Å². The van der Waals surface area contributed by atoms with E-state index in [0.717, 1.165) is 0 Å². The Labute approximate surface area is 90.2 Å². The van der Waals surface area contributed by atoms with Crippen molar-refractivity contribution < 1.29 is 8.42 Å². The molecule has 1 N–H and O–H groups in total. The topological polar surface area (TPSA) is 46.2 Å². The van der Waals surface area contributed by atoms with E-state index in [4.69, 9.17) is 33.9 Å². The van der Waals surface area contributed by atoms with Crippen molar-refractivity contribution in [1.82, 2.24) is 0 Å². The Morgan fingerprint density at radius 1 is 1.08 bits per heavy atom. The molecule has 1 aromatic carbocycles. The third-order valence-corrected chi connectivity index (χ3v) is 2.25. The first-order valence-electron chi connectivity index (χ1n) is 3.05. The molecule has 13 heavy (non-hydrogen) atoms. The maximum atomic E-state index is 10.6. The van der Waals surface area contributed by atoms with Gasteiger partial charge >= 0.3 is 9.24 Å². The molecule has 0 bridgehead atoms. The number of benzene rings is 1. The van der Waals surface area contributed by atoms with Crippen LogP contribution in [0.3, 0.4) is 0 Å². The quantitative estimate of drug-likeness (QED) is 0.831. The largest absolute Gasteiger partial charge is 0.319 e. The van der Waals surface area contributed by atoms with Crippen molar-refractivity contribution in [2.75, 3.05) is 4.72 Å². The van der Waals surface area contributed by atoms with E-state index in [1.54, 1.807) is 0 Å². The average molecular weight is 261 g/mol. The molecule has 0 heterocycles. The van der Waals surface area contributed by atoms with Crippen molar-refractivity contribution in [3.63, 3.8) is 0 Å². The van der Waals surface area contributed by atoms with E-state index in [2.05, 4.69) is 0 Å². The van der Waals surface area contributed by atoms with Crippen LogP contribution in [0.2, 0.25) is 10.0 Å². The Morgan fingerprint density at radius 2 is 1.54 bits per heavy atom. The molecule has 0 amide bonds. The summed E-state index contributed by atoms with van der Waals surface area (Å²) in [6, 6.07) is 4.27. The summed E-state index contributed by atoms with van der Waals surface area (Å²) < 4.78 is 23.2. The van der Waals surface area contributed by atoms with Gasteiger partial charge in [-0.1, -0.05) is 23.2 Å². The molecule has 7 heteroatoms. The number of halogens is 3. The van der Waals surface area contributed by atoms with Crippen LogP contribution >= 0.6 is 33.9 Å². The van der Waals surface area contributed by atoms with Crippen LogP contribution in [0, 0.1) is 0 Å². The molecule has 1 rings (SSSR count). The molecule has 0 spiro atoms. The molecule has 0 atom stereocenters. The first kappa shape index (κ1) is 10.9. The maximum absolute atomic E-state index is 10.6. The van der Waals surface area contributed by atoms with Gasteiger partial charge in [-0.15, -0.1) is 0 Å². The summed E-state index contributed by atoms with van der Waals surface area (Å²) in [5.41, 5.74) is 0.229. The SMILES string of the molecule is O=S(=O)(Cl)Nc1cc(Cl)cc(Cl)c1. The van der Waals surface area contributed by atoms with Crippen molar-refractivity contribution in [2.24, 2.45) is 0 Å². The van der Waals surface area contributed by atoms with Crippen molar-refractivity contribution >= 4 is 48.8 Å². The molecule has 0 aromatic heterocycles. The molecule has 0 saturated carbocycles. The molecular weight excluding hydrogens is 256 g/mol. The molecule has 72 valence electrons. The fourth-order valence-electron chi connectivity index (χ4n) is 0.754. The van der Waals surface area contributed by atoms with Crippen molar-refractivity contribution in [2.45, 2.75) is 0 Å². The fraction of sp³-hybridized carbons (Fsp3) is 0. The minimum Gasteiger partial charge on any atom is -0.271 e. The first-order chi connectivity index (χ1) is 5.87. The molecule has 0 saturated heterocycles. The van der Waals surface area contributed by atoms with Crippen molar-refractivity contribution in [3.05, 3.63) is 28.2 Å². The minimum atomic E-state index is -3.81. The minimum absolute atomic E-state index is 0.229. The molecular formula is C6H4Cl3NO2S. The molecule has 0 unspecified atom stereocenters. The third kappa shape index (κ3) is 4.04. The second-order valence-corrected chi connectivity index (χ2v) is 5.37. The highest BCUT2D eigenvalue weighted by Crippen LogP contribution is 2.23. The highest BCUT2D eigenvalue weighted by atomic mass is 35.7. The molecule has 0 radical (unpaired) electrons. The highest BCUT2D eigenvalue weighted by Gasteiger charge is 2.05. The predicted octanol–water partition coefficient (Wildman–Crippen LogP) is 2.89. The van der Waals surface area contributed by atoms with E-state index < -0.39 is 9.24 Å². The summed E-state index contributed by atoms with van der Waals surface area (Å²) in [4.78, 5) is 0. The molecule has 3 nitrogen and oxygen atoms in total. The van der Waals surface area contributed by atoms with Crippen LogP contribution in [0.5, 0.6) is 0 Å². The number of nitrogens with one attached hydrogen (secondary N) is 1. The Hall–Kier alpha value is -0.160. The third-order valence-electron chi connectivity index (χ3n) is 1.10. The lowest BCUT2D eigenvalue weighted by Crippen LogP contribution is -2.03. The molecule has 0 aliphatic carbocycles. The molecule has 0 fully saturated rings. The smallest absolute Gasteiger partial charge is 0.271 e. The van der Waals surface area contributed by atoms with Gasteiger partial charge in [0.05, 0.1) is 5.69 Å². The Balaban J connectivity index is 3.03. The predicted molar refractivity (Wildman–Crippen MR) is 54.9 cm³/mol. The summed E-state index contributed by atoms with van der Waals surface area (Å²) in [6.07, 6.45) is 0. The zero-order valence-corrected chi connectivity index (χ0v) is 9.17. The van der Waals surface area contributed by atoms with E-state index in [1.807, 2.05) is 4.72 Å².